The van der Waals surface area contributed by atoms with Gasteiger partial charge in [0, 0.05) is 17.7 Å². The second kappa shape index (κ2) is 9.03. The lowest BCUT2D eigenvalue weighted by atomic mass is 10.1. The molecule has 0 spiro atoms. The molecule has 8 heteroatoms. The van der Waals surface area contributed by atoms with Gasteiger partial charge in [-0.25, -0.2) is 4.98 Å². The minimum atomic E-state index is -0.246. The van der Waals surface area contributed by atoms with Crippen molar-refractivity contribution >= 4 is 45.4 Å². The van der Waals surface area contributed by atoms with Crippen LogP contribution in [0.25, 0.3) is 22.1 Å². The Morgan fingerprint density at radius 2 is 2.09 bits per heavy atom. The second-order valence-electron chi connectivity index (χ2n) is 8.38. The molecular formula is C25H25N3O4S. The average molecular weight is 464 g/mol. The Bertz CT molecular complexity index is 1400. The molecule has 2 aromatic carbocycles. The molecule has 7 nitrogen and oxygen atoms in total. The number of benzene rings is 2. The molecule has 3 heterocycles. The third-order valence-electron chi connectivity index (χ3n) is 5.86. The number of hydrogen-bond donors (Lipinski definition) is 1. The number of amides is 1. The lowest BCUT2D eigenvalue weighted by molar-refractivity contribution is -0.113. The Labute approximate surface area is 195 Å². The first-order valence-corrected chi connectivity index (χ1v) is 12.0. The number of nitrogens with zero attached hydrogens (tertiary/aromatic N) is 2. The molecule has 2 aromatic heterocycles. The fraction of sp³-hybridized carbons (Fsp3) is 0.320. The summed E-state index contributed by atoms with van der Waals surface area (Å²) < 4.78 is 13.2. The van der Waals surface area contributed by atoms with Gasteiger partial charge in [-0.3, -0.25) is 14.2 Å². The molecule has 4 aromatic rings. The highest BCUT2D eigenvalue weighted by Gasteiger charge is 2.23. The molecule has 0 aliphatic carbocycles. The van der Waals surface area contributed by atoms with Crippen LogP contribution in [-0.4, -0.2) is 33.9 Å². The van der Waals surface area contributed by atoms with Crippen LogP contribution >= 0.6 is 11.8 Å². The van der Waals surface area contributed by atoms with Crippen LogP contribution in [0.3, 0.4) is 0 Å². The number of aryl methyl sites for hydroxylation is 2. The van der Waals surface area contributed by atoms with Crippen LogP contribution < -0.4 is 10.9 Å². The van der Waals surface area contributed by atoms with E-state index in [0.29, 0.717) is 29.4 Å². The number of hydrogen-bond acceptors (Lipinski definition) is 6. The number of carbonyl (C=O) groups excluding carboxylic acids is 1. The van der Waals surface area contributed by atoms with Crippen molar-refractivity contribution in [1.29, 1.82) is 0 Å². The van der Waals surface area contributed by atoms with Crippen LogP contribution in [-0.2, 0) is 16.1 Å². The number of carbonyl (C=O) groups is 1. The van der Waals surface area contributed by atoms with Crippen molar-refractivity contribution in [3.05, 3.63) is 63.9 Å². The highest BCUT2D eigenvalue weighted by atomic mass is 32.2. The molecule has 33 heavy (non-hydrogen) atoms. The monoisotopic (exact) mass is 463 g/mol. The minimum absolute atomic E-state index is 0.0468. The third kappa shape index (κ3) is 4.41. The van der Waals surface area contributed by atoms with Gasteiger partial charge < -0.3 is 14.5 Å². The Morgan fingerprint density at radius 3 is 2.91 bits per heavy atom. The molecule has 1 N–H and O–H groups in total. The molecule has 1 aliphatic heterocycles. The molecule has 1 atom stereocenters. The van der Waals surface area contributed by atoms with Gasteiger partial charge >= 0.3 is 0 Å². The van der Waals surface area contributed by atoms with Gasteiger partial charge in [0.05, 0.1) is 18.4 Å². The van der Waals surface area contributed by atoms with Crippen molar-refractivity contribution < 1.29 is 13.9 Å². The molecule has 5 rings (SSSR count). The lowest BCUT2D eigenvalue weighted by Crippen LogP contribution is -2.29. The number of fused-ring (bicyclic) bond motifs is 3. The molecule has 0 bridgehead atoms. The average Bonchev–Trinajstić information content (AvgIpc) is 3.45. The smallest absolute Gasteiger partial charge is 0.297 e. The molecule has 1 saturated heterocycles. The van der Waals surface area contributed by atoms with E-state index in [1.807, 2.05) is 56.3 Å². The molecule has 1 aliphatic rings. The number of furan rings is 1. The van der Waals surface area contributed by atoms with Crippen molar-refractivity contribution in [3.63, 3.8) is 0 Å². The maximum Gasteiger partial charge on any atom is 0.297 e. The molecule has 1 unspecified atom stereocenters. The number of nitrogens with one attached hydrogen (secondary N) is 1. The topological polar surface area (TPSA) is 86.4 Å². The molecule has 0 saturated carbocycles. The van der Waals surface area contributed by atoms with Gasteiger partial charge in [-0.2, -0.15) is 0 Å². The summed E-state index contributed by atoms with van der Waals surface area (Å²) in [6.45, 7) is 5.03. The van der Waals surface area contributed by atoms with Gasteiger partial charge in [0.1, 0.15) is 11.1 Å². The van der Waals surface area contributed by atoms with Crippen molar-refractivity contribution in [2.45, 2.75) is 44.5 Å². The van der Waals surface area contributed by atoms with E-state index in [1.54, 1.807) is 4.57 Å². The first-order valence-electron chi connectivity index (χ1n) is 11.0. The van der Waals surface area contributed by atoms with Crippen LogP contribution in [0.4, 0.5) is 5.69 Å². The zero-order chi connectivity index (χ0) is 22.9. The zero-order valence-corrected chi connectivity index (χ0v) is 19.4. The van der Waals surface area contributed by atoms with Crippen molar-refractivity contribution in [2.75, 3.05) is 17.7 Å². The van der Waals surface area contributed by atoms with E-state index >= 15 is 0 Å². The Balaban J connectivity index is 1.47. The summed E-state index contributed by atoms with van der Waals surface area (Å²) in [6.07, 6.45) is 1.82. The normalized spacial score (nSPS) is 16.0. The maximum atomic E-state index is 13.4. The minimum Gasteiger partial charge on any atom is -0.448 e. The number of thioether (sulfide) groups is 1. The summed E-state index contributed by atoms with van der Waals surface area (Å²) in [4.78, 5) is 30.9. The summed E-state index contributed by atoms with van der Waals surface area (Å²) in [7, 11) is 0. The first-order chi connectivity index (χ1) is 16.0. The van der Waals surface area contributed by atoms with E-state index in [0.717, 1.165) is 35.0 Å². The maximum absolute atomic E-state index is 13.4. The van der Waals surface area contributed by atoms with E-state index in [1.165, 1.54) is 11.8 Å². The van der Waals surface area contributed by atoms with Crippen LogP contribution in [0.1, 0.15) is 24.0 Å². The van der Waals surface area contributed by atoms with Gasteiger partial charge in [-0.15, -0.1) is 0 Å². The third-order valence-corrected chi connectivity index (χ3v) is 6.83. The van der Waals surface area contributed by atoms with Crippen molar-refractivity contribution in [3.8, 4) is 0 Å². The van der Waals surface area contributed by atoms with Gasteiger partial charge in [0.25, 0.3) is 5.56 Å². The second-order valence-corrected chi connectivity index (χ2v) is 9.32. The highest BCUT2D eigenvalue weighted by molar-refractivity contribution is 7.99. The molecule has 170 valence electrons. The number of anilines is 1. The largest absolute Gasteiger partial charge is 0.448 e. The summed E-state index contributed by atoms with van der Waals surface area (Å²) in [5.74, 6) is -0.0177. The van der Waals surface area contributed by atoms with E-state index in [-0.39, 0.29) is 28.9 Å². The van der Waals surface area contributed by atoms with Crippen LogP contribution in [0, 0.1) is 13.8 Å². The zero-order valence-electron chi connectivity index (χ0n) is 18.6. The van der Waals surface area contributed by atoms with Crippen molar-refractivity contribution in [1.82, 2.24) is 9.55 Å². The highest BCUT2D eigenvalue weighted by Crippen LogP contribution is 2.28. The first kappa shape index (κ1) is 21.7. The number of ether oxygens (including phenoxy) is 1. The Kier molecular flexibility index (Phi) is 5.95. The van der Waals surface area contributed by atoms with Gasteiger partial charge in [0.2, 0.25) is 11.5 Å². The molecule has 1 fully saturated rings. The van der Waals surface area contributed by atoms with E-state index in [9.17, 15) is 9.59 Å². The quantitative estimate of drug-likeness (QED) is 0.330. The number of aromatic nitrogens is 2. The van der Waals surface area contributed by atoms with Gasteiger partial charge in [0.15, 0.2) is 5.16 Å². The predicted molar refractivity (Wildman–Crippen MR) is 130 cm³/mol. The predicted octanol–water partition coefficient (Wildman–Crippen LogP) is 4.67. The summed E-state index contributed by atoms with van der Waals surface area (Å²) >= 11 is 1.25. The Hall–Kier alpha value is -3.10. The van der Waals surface area contributed by atoms with E-state index in [4.69, 9.17) is 14.1 Å². The van der Waals surface area contributed by atoms with Gasteiger partial charge in [-0.05, 0) is 56.0 Å². The van der Waals surface area contributed by atoms with Crippen molar-refractivity contribution in [2.24, 2.45) is 0 Å². The van der Waals surface area contributed by atoms with Crippen LogP contribution in [0.2, 0.25) is 0 Å². The lowest BCUT2D eigenvalue weighted by Gasteiger charge is -2.15. The summed E-state index contributed by atoms with van der Waals surface area (Å²) in [6, 6.07) is 13.4. The Morgan fingerprint density at radius 1 is 1.24 bits per heavy atom. The van der Waals surface area contributed by atoms with Crippen LogP contribution in [0.15, 0.2) is 56.8 Å². The number of rotatable bonds is 6. The summed E-state index contributed by atoms with van der Waals surface area (Å²) in [5.41, 5.74) is 4.00. The molecular weight excluding hydrogens is 438 g/mol. The van der Waals surface area contributed by atoms with Crippen LogP contribution in [0.5, 0.6) is 0 Å². The number of para-hydroxylation sites is 1. The van der Waals surface area contributed by atoms with E-state index in [2.05, 4.69) is 5.32 Å². The standard InChI is InChI=1S/C25H25N3O4S/c1-15-9-10-16(2)19(12-15)26-21(29)14-33-25-27-22-18-7-3-4-8-20(18)32-23(22)24(30)28(25)13-17-6-5-11-31-17/h3-4,7-10,12,17H,5-6,11,13-14H2,1-2H3,(H,26,29). The van der Waals surface area contributed by atoms with E-state index < -0.39 is 0 Å². The molecule has 0 radical (unpaired) electrons. The fourth-order valence-electron chi connectivity index (χ4n) is 4.10. The summed E-state index contributed by atoms with van der Waals surface area (Å²) in [5, 5.41) is 4.25. The fourth-order valence-corrected chi connectivity index (χ4v) is 4.90. The molecule has 1 amide bonds. The SMILES string of the molecule is Cc1ccc(C)c(NC(=O)CSc2nc3c(oc4ccccc43)c(=O)n2CC2CCCO2)c1. The van der Waals surface area contributed by atoms with Gasteiger partial charge in [-0.1, -0.05) is 36.0 Å².